The number of imide groups is 1. The molecule has 4 unspecified atom stereocenters. The van der Waals surface area contributed by atoms with E-state index in [1.165, 1.54) is 4.90 Å². The molecule has 7 nitrogen and oxygen atoms in total. The van der Waals surface area contributed by atoms with Crippen LogP contribution in [0.2, 0.25) is 0 Å². The molecular weight excluding hydrogens is 549 g/mol. The molecule has 174 valence electrons. The van der Waals surface area contributed by atoms with Crippen LogP contribution in [0.25, 0.3) is 10.6 Å². The number of hydrogen-bond donors (Lipinski definition) is 2. The molecule has 1 aliphatic heterocycles. The zero-order valence-electron chi connectivity index (χ0n) is 18.4. The monoisotopic (exact) mass is 577 g/mol. The second kappa shape index (κ2) is 10.3. The Morgan fingerprint density at radius 3 is 2.42 bits per heavy atom. The van der Waals surface area contributed by atoms with Crippen LogP contribution >= 0.6 is 35.3 Å². The first kappa shape index (κ1) is 23.9. The Morgan fingerprint density at radius 1 is 1.09 bits per heavy atom. The fourth-order valence-electron chi connectivity index (χ4n) is 5.14. The molecule has 2 amide bonds. The van der Waals surface area contributed by atoms with E-state index >= 15 is 0 Å². The molecule has 3 aliphatic rings. The number of carbonyl (C=O) groups excluding carboxylic acids is 2. The number of thiazole rings is 1. The number of carbonyl (C=O) groups is 2. The van der Waals surface area contributed by atoms with E-state index in [9.17, 15) is 9.59 Å². The Morgan fingerprint density at radius 2 is 1.76 bits per heavy atom. The minimum atomic E-state index is -0.131. The summed E-state index contributed by atoms with van der Waals surface area (Å²) in [5.74, 6) is 0.898. The van der Waals surface area contributed by atoms with Gasteiger partial charge in [0.15, 0.2) is 5.96 Å². The maximum absolute atomic E-state index is 12.8. The number of aliphatic imine (C=N–C) groups is 1. The lowest BCUT2D eigenvalue weighted by Crippen LogP contribution is -2.44. The number of fused-ring (bicyclic) bond motifs is 5. The molecule has 1 saturated carbocycles. The second-order valence-corrected chi connectivity index (χ2v) is 9.37. The molecule has 1 aromatic carbocycles. The van der Waals surface area contributed by atoms with Gasteiger partial charge in [0.2, 0.25) is 11.8 Å². The highest BCUT2D eigenvalue weighted by molar-refractivity contribution is 14.0. The van der Waals surface area contributed by atoms with Gasteiger partial charge in [-0.3, -0.25) is 19.5 Å². The number of aromatic nitrogens is 1. The number of allylic oxidation sites excluding steroid dienone is 2. The number of rotatable bonds is 7. The largest absolute Gasteiger partial charge is 0.356 e. The van der Waals surface area contributed by atoms with Crippen molar-refractivity contribution in [2.75, 3.05) is 26.7 Å². The number of hydrogen-bond acceptors (Lipinski definition) is 5. The van der Waals surface area contributed by atoms with Crippen molar-refractivity contribution in [3.63, 3.8) is 0 Å². The minimum absolute atomic E-state index is 0. The standard InChI is InChI=1S/C24H27N5O2S.HI/c1-25-24(26-10-9-18-14-32-21(28-18)15-5-3-2-4-6-15)27-11-12-29-22(30)19-16-7-8-17(13-16)20(19)23(29)31;/h2-8,14,16-17,19-20H,9-13H2,1H3,(H2,25,26,27);1H. The second-order valence-electron chi connectivity index (χ2n) is 8.51. The highest BCUT2D eigenvalue weighted by Crippen LogP contribution is 2.52. The highest BCUT2D eigenvalue weighted by Gasteiger charge is 2.58. The smallest absolute Gasteiger partial charge is 0.233 e. The molecule has 33 heavy (non-hydrogen) atoms. The van der Waals surface area contributed by atoms with Crippen LogP contribution in [-0.2, 0) is 16.0 Å². The number of nitrogens with one attached hydrogen (secondary N) is 2. The first-order valence-electron chi connectivity index (χ1n) is 11.1. The molecule has 0 radical (unpaired) electrons. The predicted octanol–water partition coefficient (Wildman–Crippen LogP) is 2.94. The maximum Gasteiger partial charge on any atom is 0.233 e. The van der Waals surface area contributed by atoms with Crippen molar-refractivity contribution in [1.29, 1.82) is 0 Å². The van der Waals surface area contributed by atoms with Crippen molar-refractivity contribution >= 4 is 53.1 Å². The van der Waals surface area contributed by atoms with Gasteiger partial charge in [-0.1, -0.05) is 42.5 Å². The molecule has 2 heterocycles. The first-order chi connectivity index (χ1) is 15.7. The number of guanidine groups is 1. The molecule has 4 atom stereocenters. The Bertz CT molecular complexity index is 1040. The maximum atomic E-state index is 12.8. The molecule has 2 fully saturated rings. The third-order valence-corrected chi connectivity index (χ3v) is 7.60. The SMILES string of the molecule is CN=C(NCCc1csc(-c2ccccc2)n1)NCCN1C(=O)C2C3C=CC(C3)C2C1=O.I. The van der Waals surface area contributed by atoms with Crippen molar-refractivity contribution in [3.8, 4) is 10.6 Å². The van der Waals surface area contributed by atoms with Crippen molar-refractivity contribution in [3.05, 3.63) is 53.6 Å². The summed E-state index contributed by atoms with van der Waals surface area (Å²) in [5, 5.41) is 9.61. The zero-order valence-corrected chi connectivity index (χ0v) is 21.6. The molecule has 2 aromatic rings. The number of nitrogens with zero attached hydrogens (tertiary/aromatic N) is 3. The van der Waals surface area contributed by atoms with E-state index in [0.29, 0.717) is 25.6 Å². The van der Waals surface area contributed by atoms with Crippen LogP contribution in [0, 0.1) is 23.7 Å². The normalized spacial score (nSPS) is 25.4. The van der Waals surface area contributed by atoms with E-state index < -0.39 is 0 Å². The Hall–Kier alpha value is -2.27. The number of benzene rings is 1. The van der Waals surface area contributed by atoms with Crippen molar-refractivity contribution in [2.45, 2.75) is 12.8 Å². The third-order valence-electron chi connectivity index (χ3n) is 6.66. The fraction of sp³-hybridized carbons (Fsp3) is 0.417. The van der Waals surface area contributed by atoms with E-state index in [1.807, 2.05) is 18.2 Å². The van der Waals surface area contributed by atoms with Gasteiger partial charge in [-0.05, 0) is 18.3 Å². The van der Waals surface area contributed by atoms with Crippen LogP contribution in [0.1, 0.15) is 12.1 Å². The first-order valence-corrected chi connectivity index (χ1v) is 12.0. The number of likely N-dealkylation sites (tertiary alicyclic amines) is 1. The summed E-state index contributed by atoms with van der Waals surface area (Å²) in [5.41, 5.74) is 2.17. The van der Waals surface area contributed by atoms with Crippen LogP contribution in [-0.4, -0.2) is 54.3 Å². The molecule has 2 N–H and O–H groups in total. The van der Waals surface area contributed by atoms with Crippen molar-refractivity contribution < 1.29 is 9.59 Å². The van der Waals surface area contributed by atoms with E-state index in [1.54, 1.807) is 18.4 Å². The molecule has 9 heteroatoms. The van der Waals surface area contributed by atoms with Gasteiger partial charge in [0.1, 0.15) is 5.01 Å². The molecular formula is C24H28IN5O2S. The molecule has 2 aliphatic carbocycles. The van der Waals surface area contributed by atoms with Crippen LogP contribution in [0.3, 0.4) is 0 Å². The average Bonchev–Trinajstić information content (AvgIpc) is 3.59. The number of amides is 2. The van der Waals surface area contributed by atoms with Gasteiger partial charge < -0.3 is 10.6 Å². The quantitative estimate of drug-likeness (QED) is 0.174. The molecule has 0 spiro atoms. The lowest BCUT2D eigenvalue weighted by molar-refractivity contribution is -0.140. The summed E-state index contributed by atoms with van der Waals surface area (Å²) in [7, 11) is 1.71. The van der Waals surface area contributed by atoms with Crippen LogP contribution in [0.4, 0.5) is 0 Å². The molecule has 2 bridgehead atoms. The van der Waals surface area contributed by atoms with Crippen molar-refractivity contribution in [1.82, 2.24) is 20.5 Å². The minimum Gasteiger partial charge on any atom is -0.356 e. The molecule has 1 saturated heterocycles. The van der Waals surface area contributed by atoms with Gasteiger partial charge >= 0.3 is 0 Å². The summed E-state index contributed by atoms with van der Waals surface area (Å²) in [6.07, 6.45) is 5.99. The molecule has 1 aromatic heterocycles. The highest BCUT2D eigenvalue weighted by atomic mass is 127. The average molecular weight is 577 g/mol. The van der Waals surface area contributed by atoms with Gasteiger partial charge in [0.05, 0.1) is 17.5 Å². The Balaban J connectivity index is 0.00000259. The lowest BCUT2D eigenvalue weighted by Gasteiger charge is -2.18. The van der Waals surface area contributed by atoms with E-state index in [0.717, 1.165) is 29.1 Å². The lowest BCUT2D eigenvalue weighted by atomic mass is 9.85. The van der Waals surface area contributed by atoms with E-state index in [-0.39, 0.29) is 59.5 Å². The zero-order chi connectivity index (χ0) is 22.1. The molecule has 5 rings (SSSR count). The van der Waals surface area contributed by atoms with E-state index in [4.69, 9.17) is 4.98 Å². The topological polar surface area (TPSA) is 86.7 Å². The Kier molecular flexibility index (Phi) is 7.48. The summed E-state index contributed by atoms with van der Waals surface area (Å²) in [4.78, 5) is 35.9. The van der Waals surface area contributed by atoms with Gasteiger partial charge in [-0.15, -0.1) is 35.3 Å². The number of halogens is 1. The van der Waals surface area contributed by atoms with Crippen molar-refractivity contribution in [2.24, 2.45) is 28.7 Å². The van der Waals surface area contributed by atoms with Gasteiger partial charge in [-0.2, -0.15) is 0 Å². The van der Waals surface area contributed by atoms with Crippen LogP contribution in [0.5, 0.6) is 0 Å². The third kappa shape index (κ3) is 4.70. The summed E-state index contributed by atoms with van der Waals surface area (Å²) < 4.78 is 0. The summed E-state index contributed by atoms with van der Waals surface area (Å²) >= 11 is 1.65. The van der Waals surface area contributed by atoms with Gasteiger partial charge in [0, 0.05) is 44.0 Å². The van der Waals surface area contributed by atoms with Crippen LogP contribution in [0.15, 0.2) is 52.9 Å². The summed E-state index contributed by atoms with van der Waals surface area (Å²) in [6.45, 7) is 1.55. The predicted molar refractivity (Wildman–Crippen MR) is 140 cm³/mol. The van der Waals surface area contributed by atoms with E-state index in [2.05, 4.69) is 45.3 Å². The van der Waals surface area contributed by atoms with Gasteiger partial charge in [0.25, 0.3) is 0 Å². The Labute approximate surface area is 214 Å². The van der Waals surface area contributed by atoms with Gasteiger partial charge in [-0.25, -0.2) is 4.98 Å². The fourth-order valence-corrected chi connectivity index (χ4v) is 6.00. The summed E-state index contributed by atoms with van der Waals surface area (Å²) in [6, 6.07) is 10.2. The van der Waals surface area contributed by atoms with Crippen LogP contribution < -0.4 is 10.6 Å².